The summed E-state index contributed by atoms with van der Waals surface area (Å²) in [6.45, 7) is 1.94. The number of anilines is 1. The molecular weight excluding hydrogens is 495 g/mol. The van der Waals surface area contributed by atoms with E-state index in [-0.39, 0.29) is 11.8 Å². The van der Waals surface area contributed by atoms with Crippen LogP contribution < -0.4 is 5.32 Å². The Morgan fingerprint density at radius 1 is 1.24 bits per heavy atom. The molecule has 2 aromatic heterocycles. The molecular formula is C20H13BrCl2N4OS. The summed E-state index contributed by atoms with van der Waals surface area (Å²) in [6.07, 6.45) is 0.299. The van der Waals surface area contributed by atoms with Crippen molar-refractivity contribution in [2.45, 2.75) is 19.3 Å². The Hall–Kier alpha value is -1.93. The minimum Gasteiger partial charge on any atom is -0.310 e. The first-order valence-corrected chi connectivity index (χ1v) is 11.2. The molecule has 0 saturated carbocycles. The summed E-state index contributed by atoms with van der Waals surface area (Å²) < 4.78 is 3.75. The molecule has 4 aromatic rings. The summed E-state index contributed by atoms with van der Waals surface area (Å²) in [5.74, 6) is 0.368. The predicted molar refractivity (Wildman–Crippen MR) is 121 cm³/mol. The fourth-order valence-electron chi connectivity index (χ4n) is 3.71. The summed E-state index contributed by atoms with van der Waals surface area (Å²) in [5.41, 5.74) is 3.53. The molecule has 3 heterocycles. The molecule has 1 atom stereocenters. The molecule has 0 unspecified atom stereocenters. The number of nitrogens with one attached hydrogen (secondary N) is 1. The van der Waals surface area contributed by atoms with Crippen LogP contribution in [0.3, 0.4) is 0 Å². The van der Waals surface area contributed by atoms with Gasteiger partial charge in [-0.15, -0.1) is 0 Å². The Kier molecular flexibility index (Phi) is 4.66. The lowest BCUT2D eigenvalue weighted by Crippen LogP contribution is -2.25. The van der Waals surface area contributed by atoms with Crippen molar-refractivity contribution in [1.29, 1.82) is 0 Å². The van der Waals surface area contributed by atoms with Crippen LogP contribution in [0.2, 0.25) is 10.0 Å². The van der Waals surface area contributed by atoms with Gasteiger partial charge < -0.3 is 5.32 Å². The molecule has 0 aliphatic carbocycles. The minimum atomic E-state index is -0.194. The number of aryl methyl sites for hydroxylation is 1. The normalized spacial score (nSPS) is 16.1. The number of thiazole rings is 1. The van der Waals surface area contributed by atoms with Gasteiger partial charge in [0.15, 0.2) is 0 Å². The zero-order chi connectivity index (χ0) is 20.3. The third kappa shape index (κ3) is 3.26. The van der Waals surface area contributed by atoms with E-state index in [1.165, 1.54) is 11.3 Å². The number of carbonyl (C=O) groups is 1. The van der Waals surface area contributed by atoms with Crippen molar-refractivity contribution < 1.29 is 4.79 Å². The molecule has 146 valence electrons. The van der Waals surface area contributed by atoms with Gasteiger partial charge in [-0.1, -0.05) is 56.5 Å². The highest BCUT2D eigenvalue weighted by Crippen LogP contribution is 2.43. The average molecular weight is 508 g/mol. The number of amides is 1. The number of aromatic nitrogens is 3. The predicted octanol–water partition coefficient (Wildman–Crippen LogP) is 6.33. The number of fused-ring (bicyclic) bond motifs is 2. The molecule has 5 rings (SSSR count). The molecule has 0 fully saturated rings. The van der Waals surface area contributed by atoms with E-state index in [4.69, 9.17) is 33.3 Å². The number of hydrogen-bond acceptors (Lipinski definition) is 4. The maximum atomic E-state index is 12.6. The van der Waals surface area contributed by atoms with Gasteiger partial charge in [0, 0.05) is 32.4 Å². The molecule has 1 aliphatic heterocycles. The van der Waals surface area contributed by atoms with Crippen molar-refractivity contribution >= 4 is 72.4 Å². The molecule has 0 bridgehead atoms. The number of nitrogens with zero attached hydrogens (tertiary/aromatic N) is 3. The minimum absolute atomic E-state index is 0.0847. The second-order valence-electron chi connectivity index (χ2n) is 6.84. The lowest BCUT2D eigenvalue weighted by atomic mass is 9.86. The standard InChI is InChI=1S/C20H13BrCl2N4OS/c1-9-18-13(12-4-3-11(22)7-14(12)23)8-17(28)25-19(18)27(26-9)20-24-15-5-2-10(21)6-16(15)29-20/h2-7,13H,8H2,1H3,(H,25,28)/t13-/m1/s1. The number of carbonyl (C=O) groups excluding carboxylic acids is 1. The van der Waals surface area contributed by atoms with Crippen LogP contribution in [0.25, 0.3) is 15.3 Å². The van der Waals surface area contributed by atoms with Crippen LogP contribution in [0.5, 0.6) is 0 Å². The topological polar surface area (TPSA) is 59.8 Å². The first-order chi connectivity index (χ1) is 13.9. The molecule has 0 radical (unpaired) electrons. The summed E-state index contributed by atoms with van der Waals surface area (Å²) in [4.78, 5) is 17.3. The summed E-state index contributed by atoms with van der Waals surface area (Å²) in [7, 11) is 0. The molecule has 2 aromatic carbocycles. The zero-order valence-corrected chi connectivity index (χ0v) is 19.0. The van der Waals surface area contributed by atoms with Gasteiger partial charge in [-0.2, -0.15) is 9.78 Å². The maximum absolute atomic E-state index is 12.6. The van der Waals surface area contributed by atoms with E-state index in [2.05, 4.69) is 21.2 Å². The smallest absolute Gasteiger partial charge is 0.226 e. The monoisotopic (exact) mass is 506 g/mol. The molecule has 9 heteroatoms. The summed E-state index contributed by atoms with van der Waals surface area (Å²) in [5, 5.41) is 9.49. The number of rotatable bonds is 2. The van der Waals surface area contributed by atoms with E-state index in [1.807, 2.05) is 31.2 Å². The lowest BCUT2D eigenvalue weighted by molar-refractivity contribution is -0.116. The van der Waals surface area contributed by atoms with Gasteiger partial charge in [-0.25, -0.2) is 4.98 Å². The zero-order valence-electron chi connectivity index (χ0n) is 15.0. The number of hydrogen-bond donors (Lipinski definition) is 1. The van der Waals surface area contributed by atoms with Gasteiger partial charge in [0.2, 0.25) is 11.0 Å². The third-order valence-corrected chi connectivity index (χ3v) is 7.01. The van der Waals surface area contributed by atoms with Crippen LogP contribution in [-0.2, 0) is 4.79 Å². The van der Waals surface area contributed by atoms with Crippen LogP contribution >= 0.6 is 50.5 Å². The highest BCUT2D eigenvalue weighted by molar-refractivity contribution is 9.10. The van der Waals surface area contributed by atoms with E-state index >= 15 is 0 Å². The quantitative estimate of drug-likeness (QED) is 0.344. The van der Waals surface area contributed by atoms with E-state index in [1.54, 1.807) is 16.8 Å². The highest BCUT2D eigenvalue weighted by atomic mass is 79.9. The number of halogens is 3. The van der Waals surface area contributed by atoms with Crippen molar-refractivity contribution in [2.24, 2.45) is 0 Å². The third-order valence-electron chi connectivity index (χ3n) is 4.96. The number of benzene rings is 2. The van der Waals surface area contributed by atoms with Crippen LogP contribution in [0.1, 0.15) is 29.2 Å². The molecule has 1 amide bonds. The van der Waals surface area contributed by atoms with Gasteiger partial charge in [-0.3, -0.25) is 4.79 Å². The molecule has 0 saturated heterocycles. The second kappa shape index (κ2) is 7.09. The first kappa shape index (κ1) is 19.1. The Morgan fingerprint density at radius 3 is 2.86 bits per heavy atom. The summed E-state index contributed by atoms with van der Waals surface area (Å²) in [6, 6.07) is 11.3. The van der Waals surface area contributed by atoms with Gasteiger partial charge in [0.05, 0.1) is 15.9 Å². The molecule has 29 heavy (non-hydrogen) atoms. The van der Waals surface area contributed by atoms with Crippen LogP contribution in [0.4, 0.5) is 5.82 Å². The Balaban J connectivity index is 1.68. The molecule has 1 N–H and O–H groups in total. The average Bonchev–Trinajstić information content (AvgIpc) is 3.21. The van der Waals surface area contributed by atoms with Crippen LogP contribution in [0.15, 0.2) is 40.9 Å². The Bertz CT molecular complexity index is 1300. The van der Waals surface area contributed by atoms with Crippen molar-refractivity contribution in [1.82, 2.24) is 14.8 Å². The molecule has 0 spiro atoms. The molecule has 5 nitrogen and oxygen atoms in total. The molecule has 1 aliphatic rings. The fourth-order valence-corrected chi connectivity index (χ4v) is 5.73. The fraction of sp³-hybridized carbons (Fsp3) is 0.150. The summed E-state index contributed by atoms with van der Waals surface area (Å²) >= 11 is 17.5. The van der Waals surface area contributed by atoms with Crippen molar-refractivity contribution in [3.8, 4) is 5.13 Å². The van der Waals surface area contributed by atoms with Gasteiger partial charge in [0.1, 0.15) is 5.82 Å². The van der Waals surface area contributed by atoms with Crippen molar-refractivity contribution in [3.63, 3.8) is 0 Å². The maximum Gasteiger partial charge on any atom is 0.226 e. The highest BCUT2D eigenvalue weighted by Gasteiger charge is 2.34. The van der Waals surface area contributed by atoms with E-state index in [0.717, 1.165) is 31.5 Å². The van der Waals surface area contributed by atoms with Crippen LogP contribution in [0, 0.1) is 6.92 Å². The Labute approximate surface area is 188 Å². The largest absolute Gasteiger partial charge is 0.310 e. The van der Waals surface area contributed by atoms with E-state index < -0.39 is 0 Å². The van der Waals surface area contributed by atoms with Crippen molar-refractivity contribution in [3.05, 3.63) is 67.7 Å². The van der Waals surface area contributed by atoms with E-state index in [0.29, 0.717) is 27.4 Å². The van der Waals surface area contributed by atoms with Crippen molar-refractivity contribution in [2.75, 3.05) is 5.32 Å². The lowest BCUT2D eigenvalue weighted by Gasteiger charge is -2.24. The van der Waals surface area contributed by atoms with Gasteiger partial charge >= 0.3 is 0 Å². The van der Waals surface area contributed by atoms with E-state index in [9.17, 15) is 4.79 Å². The van der Waals surface area contributed by atoms with Crippen LogP contribution in [-0.4, -0.2) is 20.7 Å². The first-order valence-electron chi connectivity index (χ1n) is 8.81. The second-order valence-corrected chi connectivity index (χ2v) is 9.61. The van der Waals surface area contributed by atoms with Gasteiger partial charge in [0.25, 0.3) is 0 Å². The van der Waals surface area contributed by atoms with Gasteiger partial charge in [-0.05, 0) is 42.8 Å². The SMILES string of the molecule is Cc1nn(-c2nc3ccc(Br)cc3s2)c2c1[C@@H](c1ccc(Cl)cc1Cl)CC(=O)N2. The Morgan fingerprint density at radius 2 is 2.07 bits per heavy atom.